The number of hydrogen-bond acceptors (Lipinski definition) is 3. The Hall–Kier alpha value is -1.06. The zero-order chi connectivity index (χ0) is 13.7. The van der Waals surface area contributed by atoms with Crippen molar-refractivity contribution >= 4 is 0 Å². The van der Waals surface area contributed by atoms with Crippen LogP contribution < -0.4 is 15.4 Å². The molecular formula is C16H26N2O. The summed E-state index contributed by atoms with van der Waals surface area (Å²) in [6.07, 6.45) is 2.40. The van der Waals surface area contributed by atoms with E-state index >= 15 is 0 Å². The summed E-state index contributed by atoms with van der Waals surface area (Å²) in [7, 11) is 1.74. The summed E-state index contributed by atoms with van der Waals surface area (Å²) >= 11 is 0. The molecule has 0 saturated carbocycles. The van der Waals surface area contributed by atoms with Gasteiger partial charge in [0.1, 0.15) is 5.75 Å². The van der Waals surface area contributed by atoms with Crippen LogP contribution in [0.25, 0.3) is 0 Å². The van der Waals surface area contributed by atoms with E-state index in [0.717, 1.165) is 31.2 Å². The molecule has 0 aromatic heterocycles. The van der Waals surface area contributed by atoms with Gasteiger partial charge in [-0.05, 0) is 75.5 Å². The molecule has 1 saturated heterocycles. The van der Waals surface area contributed by atoms with Crippen molar-refractivity contribution in [2.24, 2.45) is 5.92 Å². The third-order valence-corrected chi connectivity index (χ3v) is 3.91. The zero-order valence-electron chi connectivity index (χ0n) is 12.4. The normalized spacial score (nSPS) is 18.8. The Morgan fingerprint density at radius 3 is 2.63 bits per heavy atom. The molecule has 0 amide bonds. The van der Waals surface area contributed by atoms with Crippen LogP contribution in [0.5, 0.6) is 5.75 Å². The monoisotopic (exact) mass is 262 g/mol. The highest BCUT2D eigenvalue weighted by molar-refractivity contribution is 5.43. The van der Waals surface area contributed by atoms with E-state index in [4.69, 9.17) is 4.74 Å². The highest BCUT2D eigenvalue weighted by Crippen LogP contribution is 2.24. The van der Waals surface area contributed by atoms with E-state index in [2.05, 4.69) is 36.6 Å². The minimum atomic E-state index is 0.819. The predicted octanol–water partition coefficient (Wildman–Crippen LogP) is 2.05. The van der Waals surface area contributed by atoms with Crippen molar-refractivity contribution in [2.45, 2.75) is 26.7 Å². The molecule has 1 heterocycles. The lowest BCUT2D eigenvalue weighted by atomic mass is 10.0. The lowest BCUT2D eigenvalue weighted by Crippen LogP contribution is -2.26. The molecule has 0 spiro atoms. The van der Waals surface area contributed by atoms with Gasteiger partial charge in [-0.1, -0.05) is 12.1 Å². The van der Waals surface area contributed by atoms with Gasteiger partial charge in [0.2, 0.25) is 0 Å². The Kier molecular flexibility index (Phi) is 5.23. The molecule has 1 atom stereocenters. The van der Waals surface area contributed by atoms with Crippen LogP contribution in [0.15, 0.2) is 12.1 Å². The summed E-state index contributed by atoms with van der Waals surface area (Å²) in [5.41, 5.74) is 3.86. The van der Waals surface area contributed by atoms with Gasteiger partial charge in [-0.15, -0.1) is 0 Å². The smallest absolute Gasteiger partial charge is 0.124 e. The van der Waals surface area contributed by atoms with Gasteiger partial charge >= 0.3 is 0 Å². The summed E-state index contributed by atoms with van der Waals surface area (Å²) in [6, 6.07) is 4.48. The number of methoxy groups -OCH3 is 1. The zero-order valence-corrected chi connectivity index (χ0v) is 12.4. The number of nitrogens with one attached hydrogen (secondary N) is 2. The van der Waals surface area contributed by atoms with E-state index in [-0.39, 0.29) is 0 Å². The molecule has 2 N–H and O–H groups in total. The van der Waals surface area contributed by atoms with Crippen molar-refractivity contribution < 1.29 is 4.74 Å². The second-order valence-electron chi connectivity index (χ2n) is 5.58. The first kappa shape index (κ1) is 14.4. The molecule has 106 valence electrons. The van der Waals surface area contributed by atoms with Crippen LogP contribution in [0, 0.1) is 19.8 Å². The van der Waals surface area contributed by atoms with Crippen molar-refractivity contribution in [3.8, 4) is 5.75 Å². The molecule has 1 fully saturated rings. The Balaban J connectivity index is 1.79. The first-order valence-corrected chi connectivity index (χ1v) is 7.26. The maximum atomic E-state index is 5.40. The molecule has 1 unspecified atom stereocenters. The topological polar surface area (TPSA) is 33.3 Å². The van der Waals surface area contributed by atoms with E-state index in [1.807, 2.05) is 0 Å². The van der Waals surface area contributed by atoms with Crippen LogP contribution in [0.3, 0.4) is 0 Å². The van der Waals surface area contributed by atoms with E-state index in [1.165, 1.54) is 36.2 Å². The second kappa shape index (κ2) is 6.92. The summed E-state index contributed by atoms with van der Waals surface area (Å²) in [5.74, 6) is 1.84. The maximum Gasteiger partial charge on any atom is 0.124 e. The van der Waals surface area contributed by atoms with Crippen LogP contribution >= 0.6 is 0 Å². The number of benzene rings is 1. The molecule has 3 nitrogen and oxygen atoms in total. The summed E-state index contributed by atoms with van der Waals surface area (Å²) in [4.78, 5) is 0. The first-order valence-electron chi connectivity index (χ1n) is 7.26. The molecule has 3 heteroatoms. The minimum Gasteiger partial charge on any atom is -0.496 e. The van der Waals surface area contributed by atoms with Crippen molar-refractivity contribution in [2.75, 3.05) is 33.3 Å². The highest BCUT2D eigenvalue weighted by Gasteiger charge is 2.13. The van der Waals surface area contributed by atoms with Crippen LogP contribution in [0.4, 0.5) is 0 Å². The number of rotatable bonds is 6. The number of hydrogen-bond donors (Lipinski definition) is 2. The van der Waals surface area contributed by atoms with Gasteiger partial charge in [-0.3, -0.25) is 0 Å². The maximum absolute atomic E-state index is 5.40. The van der Waals surface area contributed by atoms with Crippen molar-refractivity contribution in [3.05, 3.63) is 28.8 Å². The summed E-state index contributed by atoms with van der Waals surface area (Å²) in [5, 5.41) is 6.98. The molecular weight excluding hydrogens is 236 g/mol. The third kappa shape index (κ3) is 3.95. The van der Waals surface area contributed by atoms with Crippen LogP contribution in [0.1, 0.15) is 23.1 Å². The average Bonchev–Trinajstić information content (AvgIpc) is 2.87. The number of aryl methyl sites for hydroxylation is 2. The van der Waals surface area contributed by atoms with Crippen molar-refractivity contribution in [3.63, 3.8) is 0 Å². The minimum absolute atomic E-state index is 0.819. The average molecular weight is 262 g/mol. The van der Waals surface area contributed by atoms with Crippen LogP contribution in [0.2, 0.25) is 0 Å². The van der Waals surface area contributed by atoms with Crippen LogP contribution in [-0.4, -0.2) is 33.3 Å². The van der Waals surface area contributed by atoms with Crippen molar-refractivity contribution in [1.29, 1.82) is 0 Å². The SMILES string of the molecule is COc1c(C)cc(CCNCC2CCNC2)cc1C. The Labute approximate surface area is 116 Å². The molecule has 0 radical (unpaired) electrons. The fraction of sp³-hybridized carbons (Fsp3) is 0.625. The predicted molar refractivity (Wildman–Crippen MR) is 80.0 cm³/mol. The Morgan fingerprint density at radius 1 is 1.32 bits per heavy atom. The molecule has 0 aliphatic carbocycles. The molecule has 1 aliphatic heterocycles. The van der Waals surface area contributed by atoms with Gasteiger partial charge in [-0.25, -0.2) is 0 Å². The molecule has 19 heavy (non-hydrogen) atoms. The fourth-order valence-electron chi connectivity index (χ4n) is 2.93. The van der Waals surface area contributed by atoms with Gasteiger partial charge < -0.3 is 15.4 Å². The molecule has 2 rings (SSSR count). The van der Waals surface area contributed by atoms with E-state index < -0.39 is 0 Å². The van der Waals surface area contributed by atoms with Gasteiger partial charge in [0.15, 0.2) is 0 Å². The number of ether oxygens (including phenoxy) is 1. The van der Waals surface area contributed by atoms with Gasteiger partial charge in [0.25, 0.3) is 0 Å². The van der Waals surface area contributed by atoms with Gasteiger partial charge in [0.05, 0.1) is 7.11 Å². The lowest BCUT2D eigenvalue weighted by Gasteiger charge is -2.13. The van der Waals surface area contributed by atoms with Gasteiger partial charge in [0, 0.05) is 0 Å². The quantitative estimate of drug-likeness (QED) is 0.770. The Bertz CT molecular complexity index is 388. The Morgan fingerprint density at radius 2 is 2.05 bits per heavy atom. The highest BCUT2D eigenvalue weighted by atomic mass is 16.5. The lowest BCUT2D eigenvalue weighted by molar-refractivity contribution is 0.408. The van der Waals surface area contributed by atoms with Crippen molar-refractivity contribution in [1.82, 2.24) is 10.6 Å². The fourth-order valence-corrected chi connectivity index (χ4v) is 2.93. The van der Waals surface area contributed by atoms with E-state index in [1.54, 1.807) is 7.11 Å². The van der Waals surface area contributed by atoms with E-state index in [9.17, 15) is 0 Å². The molecule has 1 aromatic rings. The largest absolute Gasteiger partial charge is 0.496 e. The standard InChI is InChI=1S/C16H26N2O/c1-12-8-14(9-13(2)16(12)19-3)4-6-17-10-15-5-7-18-11-15/h8-9,15,17-18H,4-7,10-11H2,1-3H3. The molecule has 1 aliphatic rings. The molecule has 0 bridgehead atoms. The summed E-state index contributed by atoms with van der Waals surface area (Å²) in [6.45, 7) is 8.79. The van der Waals surface area contributed by atoms with Crippen LogP contribution in [-0.2, 0) is 6.42 Å². The second-order valence-corrected chi connectivity index (χ2v) is 5.58. The third-order valence-electron chi connectivity index (χ3n) is 3.91. The van der Waals surface area contributed by atoms with Gasteiger partial charge in [-0.2, -0.15) is 0 Å². The summed E-state index contributed by atoms with van der Waals surface area (Å²) < 4.78 is 5.40. The molecule has 1 aromatic carbocycles. The van der Waals surface area contributed by atoms with E-state index in [0.29, 0.717) is 0 Å². The first-order chi connectivity index (χ1) is 9.20.